The van der Waals surface area contributed by atoms with Gasteiger partial charge in [-0.2, -0.15) is 5.10 Å². The number of aryl methyl sites for hydroxylation is 1. The summed E-state index contributed by atoms with van der Waals surface area (Å²) in [6.45, 7) is 4.61. The van der Waals surface area contributed by atoms with Gasteiger partial charge >= 0.3 is 0 Å². The average Bonchev–Trinajstić information content (AvgIpc) is 3.11. The SMILES string of the molecule is Cc1cnn(CC(=O)N2CCOC(C(=O)N3CCc4ccccc4C3)C2)c1. The van der Waals surface area contributed by atoms with E-state index in [2.05, 4.69) is 17.2 Å². The summed E-state index contributed by atoms with van der Waals surface area (Å²) in [6, 6.07) is 8.22. The van der Waals surface area contributed by atoms with E-state index in [4.69, 9.17) is 4.74 Å². The van der Waals surface area contributed by atoms with Crippen molar-refractivity contribution < 1.29 is 14.3 Å². The highest BCUT2D eigenvalue weighted by molar-refractivity contribution is 5.83. The molecule has 0 aliphatic carbocycles. The zero-order valence-corrected chi connectivity index (χ0v) is 15.5. The first-order valence-electron chi connectivity index (χ1n) is 9.34. The third-order valence-corrected chi connectivity index (χ3v) is 5.20. The van der Waals surface area contributed by atoms with E-state index in [1.54, 1.807) is 15.8 Å². The first-order chi connectivity index (χ1) is 13.1. The summed E-state index contributed by atoms with van der Waals surface area (Å²) >= 11 is 0. The van der Waals surface area contributed by atoms with Crippen molar-refractivity contribution in [3.05, 3.63) is 53.3 Å². The molecule has 27 heavy (non-hydrogen) atoms. The number of amides is 2. The summed E-state index contributed by atoms with van der Waals surface area (Å²) < 4.78 is 7.34. The largest absolute Gasteiger partial charge is 0.365 e. The highest BCUT2D eigenvalue weighted by atomic mass is 16.5. The molecule has 3 heterocycles. The van der Waals surface area contributed by atoms with E-state index in [0.717, 1.165) is 12.0 Å². The second-order valence-electron chi connectivity index (χ2n) is 7.19. The van der Waals surface area contributed by atoms with Gasteiger partial charge in [0.2, 0.25) is 5.91 Å². The minimum absolute atomic E-state index is 0.0306. The van der Waals surface area contributed by atoms with Crippen LogP contribution < -0.4 is 0 Å². The standard InChI is InChI=1S/C20H24N4O3/c1-15-10-21-24(11-15)14-19(25)22-8-9-27-18(13-22)20(26)23-7-6-16-4-2-3-5-17(16)12-23/h2-5,10-11,18H,6-9,12-14H2,1H3. The van der Waals surface area contributed by atoms with E-state index in [0.29, 0.717) is 32.8 Å². The maximum atomic E-state index is 12.9. The minimum atomic E-state index is -0.590. The molecule has 1 atom stereocenters. The zero-order valence-electron chi connectivity index (χ0n) is 15.5. The van der Waals surface area contributed by atoms with E-state index < -0.39 is 6.10 Å². The molecule has 142 valence electrons. The molecule has 0 N–H and O–H groups in total. The predicted molar refractivity (Wildman–Crippen MR) is 98.8 cm³/mol. The lowest BCUT2D eigenvalue weighted by molar-refractivity contribution is -0.155. The van der Waals surface area contributed by atoms with Gasteiger partial charge < -0.3 is 14.5 Å². The fourth-order valence-corrected chi connectivity index (χ4v) is 3.70. The number of fused-ring (bicyclic) bond motifs is 1. The van der Waals surface area contributed by atoms with Crippen LogP contribution in [0.2, 0.25) is 0 Å². The Kier molecular flexibility index (Phi) is 4.94. The Morgan fingerprint density at radius 2 is 2.00 bits per heavy atom. The molecule has 0 spiro atoms. The van der Waals surface area contributed by atoms with Gasteiger partial charge in [0.15, 0.2) is 6.10 Å². The number of nitrogens with zero attached hydrogens (tertiary/aromatic N) is 4. The van der Waals surface area contributed by atoms with Crippen LogP contribution in [0.3, 0.4) is 0 Å². The number of benzene rings is 1. The molecule has 2 aromatic rings. The molecule has 2 amide bonds. The van der Waals surface area contributed by atoms with Crippen LogP contribution in [0.1, 0.15) is 16.7 Å². The molecule has 1 saturated heterocycles. The molecule has 2 aliphatic heterocycles. The maximum absolute atomic E-state index is 12.9. The first kappa shape index (κ1) is 17.7. The molecule has 0 bridgehead atoms. The summed E-state index contributed by atoms with van der Waals surface area (Å²) in [5.74, 6) is -0.0693. The van der Waals surface area contributed by atoms with Crippen LogP contribution in [0.5, 0.6) is 0 Å². The lowest BCUT2D eigenvalue weighted by Gasteiger charge is -2.36. The van der Waals surface area contributed by atoms with Gasteiger partial charge in [-0.3, -0.25) is 14.3 Å². The number of morpholine rings is 1. The molecule has 0 saturated carbocycles. The van der Waals surface area contributed by atoms with Crippen LogP contribution in [0.4, 0.5) is 0 Å². The fraction of sp³-hybridized carbons (Fsp3) is 0.450. The molecule has 2 aliphatic rings. The van der Waals surface area contributed by atoms with Gasteiger partial charge in [0.05, 0.1) is 19.3 Å². The number of rotatable bonds is 3. The van der Waals surface area contributed by atoms with E-state index in [-0.39, 0.29) is 18.4 Å². The molecule has 0 radical (unpaired) electrons. The molecule has 1 unspecified atom stereocenters. The summed E-state index contributed by atoms with van der Waals surface area (Å²) in [6.07, 6.45) is 3.84. The monoisotopic (exact) mass is 368 g/mol. The average molecular weight is 368 g/mol. The number of aromatic nitrogens is 2. The van der Waals surface area contributed by atoms with Gasteiger partial charge in [-0.1, -0.05) is 24.3 Å². The molecule has 7 nitrogen and oxygen atoms in total. The first-order valence-corrected chi connectivity index (χ1v) is 9.34. The number of ether oxygens (including phenoxy) is 1. The number of hydrogen-bond acceptors (Lipinski definition) is 4. The van der Waals surface area contributed by atoms with Gasteiger partial charge in [0.1, 0.15) is 6.54 Å². The van der Waals surface area contributed by atoms with Crippen molar-refractivity contribution >= 4 is 11.8 Å². The number of carbonyl (C=O) groups is 2. The van der Waals surface area contributed by atoms with Gasteiger partial charge in [0.25, 0.3) is 5.91 Å². The third-order valence-electron chi connectivity index (χ3n) is 5.20. The normalized spacial score (nSPS) is 19.7. The van der Waals surface area contributed by atoms with Crippen LogP contribution in [-0.2, 0) is 33.8 Å². The molecular weight excluding hydrogens is 344 g/mol. The second-order valence-corrected chi connectivity index (χ2v) is 7.19. The maximum Gasteiger partial charge on any atom is 0.253 e. The van der Waals surface area contributed by atoms with Crippen molar-refractivity contribution in [3.8, 4) is 0 Å². The third kappa shape index (κ3) is 3.88. The Labute approximate surface area is 158 Å². The van der Waals surface area contributed by atoms with Crippen molar-refractivity contribution in [2.45, 2.75) is 32.5 Å². The Morgan fingerprint density at radius 3 is 2.78 bits per heavy atom. The predicted octanol–water partition coefficient (Wildman–Crippen LogP) is 1.00. The van der Waals surface area contributed by atoms with E-state index in [1.165, 1.54) is 11.1 Å². The highest BCUT2D eigenvalue weighted by Crippen LogP contribution is 2.20. The molecule has 7 heteroatoms. The highest BCUT2D eigenvalue weighted by Gasteiger charge is 2.33. The summed E-state index contributed by atoms with van der Waals surface area (Å²) in [4.78, 5) is 29.1. The Balaban J connectivity index is 1.38. The van der Waals surface area contributed by atoms with Crippen molar-refractivity contribution in [2.24, 2.45) is 0 Å². The van der Waals surface area contributed by atoms with Crippen LogP contribution in [-0.4, -0.2) is 63.7 Å². The minimum Gasteiger partial charge on any atom is -0.365 e. The van der Waals surface area contributed by atoms with E-state index in [1.807, 2.05) is 30.2 Å². The Bertz CT molecular complexity index is 847. The molecule has 1 aromatic carbocycles. The van der Waals surface area contributed by atoms with Gasteiger partial charge in [-0.25, -0.2) is 0 Å². The van der Waals surface area contributed by atoms with Crippen LogP contribution in [0.25, 0.3) is 0 Å². The van der Waals surface area contributed by atoms with Crippen molar-refractivity contribution in [2.75, 3.05) is 26.2 Å². The molecular formula is C20H24N4O3. The lowest BCUT2D eigenvalue weighted by atomic mass is 9.99. The van der Waals surface area contributed by atoms with Gasteiger partial charge in [-0.15, -0.1) is 0 Å². The topological polar surface area (TPSA) is 67.7 Å². The molecule has 4 rings (SSSR count). The van der Waals surface area contributed by atoms with E-state index in [9.17, 15) is 9.59 Å². The fourth-order valence-electron chi connectivity index (χ4n) is 3.70. The summed E-state index contributed by atoms with van der Waals surface area (Å²) in [7, 11) is 0. The molecule has 1 fully saturated rings. The summed E-state index contributed by atoms with van der Waals surface area (Å²) in [5, 5.41) is 4.16. The molecule has 1 aromatic heterocycles. The van der Waals surface area contributed by atoms with Crippen LogP contribution >= 0.6 is 0 Å². The van der Waals surface area contributed by atoms with Crippen molar-refractivity contribution in [1.29, 1.82) is 0 Å². The van der Waals surface area contributed by atoms with Gasteiger partial charge in [-0.05, 0) is 30.0 Å². The zero-order chi connectivity index (χ0) is 18.8. The smallest absolute Gasteiger partial charge is 0.253 e. The lowest BCUT2D eigenvalue weighted by Crippen LogP contribution is -2.53. The number of hydrogen-bond donors (Lipinski definition) is 0. The second kappa shape index (κ2) is 7.52. The van der Waals surface area contributed by atoms with Gasteiger partial charge in [0, 0.05) is 25.8 Å². The van der Waals surface area contributed by atoms with Crippen LogP contribution in [0.15, 0.2) is 36.7 Å². The summed E-state index contributed by atoms with van der Waals surface area (Å²) in [5.41, 5.74) is 3.51. The van der Waals surface area contributed by atoms with Crippen molar-refractivity contribution in [1.82, 2.24) is 19.6 Å². The van der Waals surface area contributed by atoms with E-state index >= 15 is 0 Å². The quantitative estimate of drug-likeness (QED) is 0.811. The Hall–Kier alpha value is -2.67. The van der Waals surface area contributed by atoms with Crippen LogP contribution in [0, 0.1) is 6.92 Å². The van der Waals surface area contributed by atoms with Crippen molar-refractivity contribution in [3.63, 3.8) is 0 Å². The number of carbonyl (C=O) groups excluding carboxylic acids is 2. The Morgan fingerprint density at radius 1 is 1.19 bits per heavy atom.